The van der Waals surface area contributed by atoms with Gasteiger partial charge in [0, 0.05) is 0 Å². The maximum atomic E-state index is 12.2. The summed E-state index contributed by atoms with van der Waals surface area (Å²) in [6.07, 6.45) is -6.02. The Balaban J connectivity index is 0.000000296. The predicted molar refractivity (Wildman–Crippen MR) is 131 cm³/mol. The summed E-state index contributed by atoms with van der Waals surface area (Å²) in [7, 11) is -7.45. The van der Waals surface area contributed by atoms with Crippen LogP contribution in [0, 0.1) is 5.92 Å². The first-order valence-electron chi connectivity index (χ1n) is 11.3. The molecular formula is C26H23F9O3S2. The Labute approximate surface area is 228 Å². The number of hydrogen-bond donors (Lipinski definition) is 0. The summed E-state index contributed by atoms with van der Waals surface area (Å²) in [5, 5.41) is -7.11. The minimum Gasteiger partial charge on any atom is -0.743 e. The highest BCUT2D eigenvalue weighted by Crippen LogP contribution is 2.54. The van der Waals surface area contributed by atoms with Crippen molar-refractivity contribution in [3.8, 4) is 0 Å². The topological polar surface area (TPSA) is 57.2 Å². The summed E-state index contributed by atoms with van der Waals surface area (Å²) in [5.74, 6) is -14.1. The summed E-state index contributed by atoms with van der Waals surface area (Å²) >= 11 is 0. The first-order chi connectivity index (χ1) is 18.2. The smallest absolute Gasteiger partial charge is 0.460 e. The minimum absolute atomic E-state index is 0.0356. The Morgan fingerprint density at radius 3 is 1.35 bits per heavy atom. The SMILES string of the molecule is CC(C)Cc1ccc([S+](c2ccccc2)c2ccccc2)cc1.O=S(=O)([O-])C(F)(F)C(F)(F)C(F)(F)C(F)(F)F. The van der Waals surface area contributed by atoms with Crippen LogP contribution in [0.5, 0.6) is 0 Å². The van der Waals surface area contributed by atoms with E-state index in [-0.39, 0.29) is 10.9 Å². The molecule has 0 amide bonds. The van der Waals surface area contributed by atoms with Gasteiger partial charge in [-0.3, -0.25) is 0 Å². The van der Waals surface area contributed by atoms with Crippen LogP contribution in [0.1, 0.15) is 19.4 Å². The van der Waals surface area contributed by atoms with Gasteiger partial charge in [0.25, 0.3) is 0 Å². The lowest BCUT2D eigenvalue weighted by Gasteiger charge is -2.34. The fourth-order valence-corrected chi connectivity index (χ4v) is 5.80. The molecular weight excluding hydrogens is 595 g/mol. The molecule has 3 rings (SSSR count). The molecule has 0 fully saturated rings. The van der Waals surface area contributed by atoms with E-state index in [0.29, 0.717) is 5.92 Å². The Morgan fingerprint density at radius 1 is 0.650 bits per heavy atom. The average molecular weight is 619 g/mol. The third-order valence-corrected chi connectivity index (χ3v) is 8.31. The van der Waals surface area contributed by atoms with E-state index in [9.17, 15) is 52.5 Å². The van der Waals surface area contributed by atoms with Crippen molar-refractivity contribution in [3.63, 3.8) is 0 Å². The van der Waals surface area contributed by atoms with Crippen molar-refractivity contribution in [2.24, 2.45) is 5.92 Å². The lowest BCUT2D eigenvalue weighted by molar-refractivity contribution is -0.382. The summed E-state index contributed by atoms with van der Waals surface area (Å²) < 4.78 is 135. The van der Waals surface area contributed by atoms with Crippen molar-refractivity contribution in [1.82, 2.24) is 0 Å². The van der Waals surface area contributed by atoms with Gasteiger partial charge in [-0.25, -0.2) is 8.42 Å². The van der Waals surface area contributed by atoms with Gasteiger partial charge in [0.15, 0.2) is 24.8 Å². The summed E-state index contributed by atoms with van der Waals surface area (Å²) in [6.45, 7) is 4.54. The number of rotatable bonds is 8. The minimum atomic E-state index is -7.43. The van der Waals surface area contributed by atoms with Gasteiger partial charge in [0.05, 0.1) is 10.9 Å². The van der Waals surface area contributed by atoms with E-state index in [1.165, 1.54) is 20.2 Å². The van der Waals surface area contributed by atoms with Gasteiger partial charge < -0.3 is 4.55 Å². The van der Waals surface area contributed by atoms with Gasteiger partial charge in [0.1, 0.15) is 0 Å². The summed E-state index contributed by atoms with van der Waals surface area (Å²) in [5.41, 5.74) is 1.42. The van der Waals surface area contributed by atoms with E-state index in [1.807, 2.05) is 0 Å². The monoisotopic (exact) mass is 618 g/mol. The molecule has 0 aliphatic rings. The van der Waals surface area contributed by atoms with E-state index in [1.54, 1.807) is 0 Å². The second-order valence-electron chi connectivity index (χ2n) is 8.79. The highest BCUT2D eigenvalue weighted by molar-refractivity contribution is 7.97. The Hall–Kier alpha value is -2.71. The maximum absolute atomic E-state index is 12.2. The number of halogens is 9. The third-order valence-electron chi connectivity index (χ3n) is 5.19. The lowest BCUT2D eigenvalue weighted by Crippen LogP contribution is -2.63. The Bertz CT molecular complexity index is 1290. The van der Waals surface area contributed by atoms with E-state index < -0.39 is 33.4 Å². The van der Waals surface area contributed by atoms with Gasteiger partial charge in [-0.1, -0.05) is 62.4 Å². The van der Waals surface area contributed by atoms with Gasteiger partial charge in [-0.05, 0) is 54.3 Å². The zero-order chi connectivity index (χ0) is 30.6. The average Bonchev–Trinajstić information content (AvgIpc) is 2.85. The fraction of sp³-hybridized carbons (Fsp3) is 0.308. The molecule has 0 N–H and O–H groups in total. The zero-order valence-electron chi connectivity index (χ0n) is 20.8. The second-order valence-corrected chi connectivity index (χ2v) is 12.2. The van der Waals surface area contributed by atoms with Crippen LogP contribution in [0.3, 0.4) is 0 Å². The Morgan fingerprint density at radius 2 is 1.02 bits per heavy atom. The van der Waals surface area contributed by atoms with Crippen molar-refractivity contribution in [3.05, 3.63) is 90.5 Å². The number of benzene rings is 3. The molecule has 0 aliphatic heterocycles. The van der Waals surface area contributed by atoms with Crippen LogP contribution in [0.25, 0.3) is 0 Å². The van der Waals surface area contributed by atoms with Gasteiger partial charge >= 0.3 is 23.3 Å². The molecule has 220 valence electrons. The van der Waals surface area contributed by atoms with E-state index in [0.717, 1.165) is 6.42 Å². The van der Waals surface area contributed by atoms with Crippen molar-refractivity contribution in [2.75, 3.05) is 0 Å². The number of alkyl halides is 9. The normalized spacial score (nSPS) is 13.2. The van der Waals surface area contributed by atoms with Crippen LogP contribution in [-0.2, 0) is 27.4 Å². The molecule has 0 atom stereocenters. The molecule has 40 heavy (non-hydrogen) atoms. The molecule has 0 bridgehead atoms. The van der Waals surface area contributed by atoms with Crippen LogP contribution >= 0.6 is 0 Å². The van der Waals surface area contributed by atoms with Crippen LogP contribution in [0.2, 0.25) is 0 Å². The van der Waals surface area contributed by atoms with E-state index >= 15 is 0 Å². The highest BCUT2D eigenvalue weighted by atomic mass is 32.2. The largest absolute Gasteiger partial charge is 0.743 e. The van der Waals surface area contributed by atoms with Crippen molar-refractivity contribution in [2.45, 2.75) is 58.2 Å². The molecule has 0 aliphatic carbocycles. The molecule has 0 radical (unpaired) electrons. The number of hydrogen-bond acceptors (Lipinski definition) is 3. The first-order valence-corrected chi connectivity index (χ1v) is 14.0. The molecule has 0 unspecified atom stereocenters. The summed E-state index contributed by atoms with van der Waals surface area (Å²) in [4.78, 5) is 4.13. The standard InChI is InChI=1S/C22H23S.C4HF9O3S/c1-18(2)17-19-13-15-22(16-14-19)23(20-9-5-3-6-10-20)21-11-7-4-8-12-21;5-1(6,3(9,10)11)2(7,8)4(12,13)17(14,15)16/h3-16,18H,17H2,1-2H3;(H,14,15,16)/q+1;/p-1. The highest BCUT2D eigenvalue weighted by Gasteiger charge is 2.83. The molecule has 0 saturated carbocycles. The van der Waals surface area contributed by atoms with Gasteiger partial charge in [0.2, 0.25) is 0 Å². The van der Waals surface area contributed by atoms with Crippen LogP contribution < -0.4 is 0 Å². The zero-order valence-corrected chi connectivity index (χ0v) is 22.4. The lowest BCUT2D eigenvalue weighted by atomic mass is 10.0. The van der Waals surface area contributed by atoms with Crippen LogP contribution in [0.15, 0.2) is 99.6 Å². The van der Waals surface area contributed by atoms with E-state index in [2.05, 4.69) is 98.8 Å². The van der Waals surface area contributed by atoms with Gasteiger partial charge in [-0.15, -0.1) is 0 Å². The fourth-order valence-electron chi connectivity index (χ4n) is 3.27. The molecule has 3 aromatic rings. The molecule has 0 spiro atoms. The Kier molecular flexibility index (Phi) is 10.4. The van der Waals surface area contributed by atoms with Gasteiger partial charge in [-0.2, -0.15) is 39.5 Å². The van der Waals surface area contributed by atoms with E-state index in [4.69, 9.17) is 0 Å². The molecule has 14 heteroatoms. The predicted octanol–water partition coefficient (Wildman–Crippen LogP) is 7.94. The quantitative estimate of drug-likeness (QED) is 0.146. The summed E-state index contributed by atoms with van der Waals surface area (Å²) in [6, 6.07) is 30.8. The van der Waals surface area contributed by atoms with Crippen molar-refractivity contribution < 1.29 is 52.5 Å². The van der Waals surface area contributed by atoms with Crippen molar-refractivity contribution >= 4 is 21.0 Å². The molecule has 3 nitrogen and oxygen atoms in total. The second kappa shape index (κ2) is 12.4. The maximum Gasteiger partial charge on any atom is 0.460 e. The van der Waals surface area contributed by atoms with Crippen LogP contribution in [0.4, 0.5) is 39.5 Å². The van der Waals surface area contributed by atoms with Crippen molar-refractivity contribution in [1.29, 1.82) is 0 Å². The molecule has 0 saturated heterocycles. The molecule has 3 aromatic carbocycles. The van der Waals surface area contributed by atoms with Crippen LogP contribution in [-0.4, -0.2) is 36.2 Å². The molecule has 0 aromatic heterocycles. The third kappa shape index (κ3) is 7.32. The first kappa shape index (κ1) is 33.5. The molecule has 0 heterocycles.